The topological polar surface area (TPSA) is 21.3 Å². The van der Waals surface area contributed by atoms with E-state index in [1.807, 2.05) is 0 Å². The van der Waals surface area contributed by atoms with Crippen molar-refractivity contribution in [1.82, 2.24) is 0 Å². The first-order valence-electron chi connectivity index (χ1n) is 7.24. The summed E-state index contributed by atoms with van der Waals surface area (Å²) in [5.41, 5.74) is 0.114. The van der Waals surface area contributed by atoms with Crippen molar-refractivity contribution in [2.45, 2.75) is 46.3 Å². The van der Waals surface area contributed by atoms with E-state index in [-0.39, 0.29) is 23.2 Å². The van der Waals surface area contributed by atoms with Gasteiger partial charge in [-0.05, 0) is 12.3 Å². The van der Waals surface area contributed by atoms with Crippen LogP contribution >= 0.6 is 0 Å². The second-order valence-corrected chi connectivity index (χ2v) is 6.72. The molecule has 118 valence electrons. The monoisotopic (exact) mass is 301 g/mol. The molecular formula is C16H22F3NO. The highest BCUT2D eigenvalue weighted by atomic mass is 19.2. The van der Waals surface area contributed by atoms with Gasteiger partial charge < -0.3 is 10.1 Å². The molecule has 2 atom stereocenters. The van der Waals surface area contributed by atoms with Gasteiger partial charge in [-0.1, -0.05) is 27.7 Å². The lowest BCUT2D eigenvalue weighted by Gasteiger charge is -2.52. The molecule has 1 fully saturated rings. The molecule has 0 bridgehead atoms. The van der Waals surface area contributed by atoms with Crippen LogP contribution in [0.25, 0.3) is 0 Å². The maximum absolute atomic E-state index is 13.2. The van der Waals surface area contributed by atoms with Crippen molar-refractivity contribution < 1.29 is 17.9 Å². The van der Waals surface area contributed by atoms with Gasteiger partial charge in [0.15, 0.2) is 17.5 Å². The molecule has 0 amide bonds. The molecule has 0 spiro atoms. The number of benzene rings is 1. The van der Waals surface area contributed by atoms with Crippen molar-refractivity contribution in [3.63, 3.8) is 0 Å². The van der Waals surface area contributed by atoms with Gasteiger partial charge in [0.1, 0.15) is 0 Å². The number of hydrogen-bond acceptors (Lipinski definition) is 2. The molecule has 1 aromatic carbocycles. The average molecular weight is 301 g/mol. The molecule has 1 aliphatic rings. The van der Waals surface area contributed by atoms with E-state index in [1.54, 1.807) is 0 Å². The minimum absolute atomic E-state index is 0.0407. The summed E-state index contributed by atoms with van der Waals surface area (Å²) in [6.07, 6.45) is 0.882. The predicted octanol–water partition coefficient (Wildman–Crippen LogP) is 4.36. The summed E-state index contributed by atoms with van der Waals surface area (Å²) in [5, 5.41) is 3.07. The Morgan fingerprint density at radius 3 is 2.29 bits per heavy atom. The Morgan fingerprint density at radius 2 is 1.81 bits per heavy atom. The van der Waals surface area contributed by atoms with Gasteiger partial charge in [0.05, 0.1) is 6.10 Å². The van der Waals surface area contributed by atoms with Gasteiger partial charge in [-0.25, -0.2) is 13.2 Å². The summed E-state index contributed by atoms with van der Waals surface area (Å²) in [4.78, 5) is 0. The fraction of sp³-hybridized carbons (Fsp3) is 0.625. The molecule has 5 heteroatoms. The molecule has 2 unspecified atom stereocenters. The van der Waals surface area contributed by atoms with Crippen LogP contribution in [0, 0.1) is 28.8 Å². The zero-order chi connectivity index (χ0) is 15.8. The number of rotatable bonds is 5. The van der Waals surface area contributed by atoms with E-state index in [4.69, 9.17) is 4.74 Å². The predicted molar refractivity (Wildman–Crippen MR) is 76.7 cm³/mol. The van der Waals surface area contributed by atoms with Crippen molar-refractivity contribution >= 4 is 5.69 Å². The molecule has 21 heavy (non-hydrogen) atoms. The molecule has 1 aliphatic carbocycles. The quantitative estimate of drug-likeness (QED) is 0.816. The molecule has 0 aromatic heterocycles. The number of hydrogen-bond donors (Lipinski definition) is 1. The maximum atomic E-state index is 13.2. The van der Waals surface area contributed by atoms with Crippen LogP contribution in [0.3, 0.4) is 0 Å². The van der Waals surface area contributed by atoms with Crippen molar-refractivity contribution in [3.05, 3.63) is 29.6 Å². The van der Waals surface area contributed by atoms with Crippen molar-refractivity contribution in [2.75, 3.05) is 11.9 Å². The van der Waals surface area contributed by atoms with Crippen LogP contribution in [0.2, 0.25) is 0 Å². The lowest BCUT2D eigenvalue weighted by molar-refractivity contribution is -0.108. The Hall–Kier alpha value is -1.23. The van der Waals surface area contributed by atoms with Crippen molar-refractivity contribution in [2.24, 2.45) is 11.3 Å². The van der Waals surface area contributed by atoms with Gasteiger partial charge in [0.25, 0.3) is 0 Å². The third-order valence-corrected chi connectivity index (χ3v) is 4.13. The van der Waals surface area contributed by atoms with Crippen LogP contribution < -0.4 is 5.32 Å². The second-order valence-electron chi connectivity index (χ2n) is 6.72. The lowest BCUT2D eigenvalue weighted by Crippen LogP contribution is -2.58. The highest BCUT2D eigenvalue weighted by Crippen LogP contribution is 2.44. The van der Waals surface area contributed by atoms with Crippen LogP contribution in [-0.2, 0) is 4.74 Å². The Labute approximate surface area is 123 Å². The Kier molecular flexibility index (Phi) is 4.51. The summed E-state index contributed by atoms with van der Waals surface area (Å²) < 4.78 is 45.2. The van der Waals surface area contributed by atoms with E-state index in [1.165, 1.54) is 0 Å². The van der Waals surface area contributed by atoms with Crippen molar-refractivity contribution in [3.8, 4) is 0 Å². The van der Waals surface area contributed by atoms with E-state index in [0.717, 1.165) is 18.6 Å². The molecular weight excluding hydrogens is 279 g/mol. The molecule has 1 saturated carbocycles. The Morgan fingerprint density at radius 1 is 1.24 bits per heavy atom. The van der Waals surface area contributed by atoms with E-state index < -0.39 is 17.5 Å². The normalized spacial score (nSPS) is 24.0. The third-order valence-electron chi connectivity index (χ3n) is 4.13. The summed E-state index contributed by atoms with van der Waals surface area (Å²) in [7, 11) is 0. The molecule has 1 aromatic rings. The van der Waals surface area contributed by atoms with Crippen LogP contribution in [0.1, 0.15) is 34.1 Å². The van der Waals surface area contributed by atoms with Gasteiger partial charge in [-0.2, -0.15) is 0 Å². The first kappa shape index (κ1) is 16.1. The first-order valence-corrected chi connectivity index (χ1v) is 7.24. The van der Waals surface area contributed by atoms with E-state index >= 15 is 0 Å². The molecule has 0 radical (unpaired) electrons. The zero-order valence-corrected chi connectivity index (χ0v) is 12.8. The van der Waals surface area contributed by atoms with Gasteiger partial charge in [-0.15, -0.1) is 0 Å². The van der Waals surface area contributed by atoms with Crippen LogP contribution in [0.4, 0.5) is 18.9 Å². The van der Waals surface area contributed by atoms with E-state index in [9.17, 15) is 13.2 Å². The van der Waals surface area contributed by atoms with Gasteiger partial charge in [-0.3, -0.25) is 0 Å². The standard InChI is InChI=1S/C16H22F3NO/c1-9(2)8-21-14-7-13(16(14,3)4)20-10-5-11(17)15(19)12(18)6-10/h5-6,9,13-14,20H,7-8H2,1-4H3. The van der Waals surface area contributed by atoms with E-state index in [0.29, 0.717) is 12.5 Å². The third kappa shape index (κ3) is 3.34. The molecule has 2 rings (SSSR count). The number of halogens is 3. The Bertz CT molecular complexity index is 493. The summed E-state index contributed by atoms with van der Waals surface area (Å²) in [6.45, 7) is 8.97. The molecule has 1 N–H and O–H groups in total. The van der Waals surface area contributed by atoms with Gasteiger partial charge in [0.2, 0.25) is 0 Å². The molecule has 0 heterocycles. The second kappa shape index (κ2) is 5.87. The fourth-order valence-electron chi connectivity index (χ4n) is 2.56. The van der Waals surface area contributed by atoms with Gasteiger partial charge >= 0.3 is 0 Å². The van der Waals surface area contributed by atoms with Gasteiger partial charge in [0, 0.05) is 35.9 Å². The number of nitrogens with one attached hydrogen (secondary N) is 1. The highest BCUT2D eigenvalue weighted by Gasteiger charge is 2.49. The average Bonchev–Trinajstić information content (AvgIpc) is 2.38. The minimum Gasteiger partial charge on any atom is -0.381 e. The van der Waals surface area contributed by atoms with Crippen molar-refractivity contribution in [1.29, 1.82) is 0 Å². The number of ether oxygens (including phenoxy) is 1. The lowest BCUT2D eigenvalue weighted by atomic mass is 9.64. The smallest absolute Gasteiger partial charge is 0.194 e. The Balaban J connectivity index is 1.99. The summed E-state index contributed by atoms with van der Waals surface area (Å²) >= 11 is 0. The molecule has 2 nitrogen and oxygen atoms in total. The first-order chi connectivity index (χ1) is 9.71. The van der Waals surface area contributed by atoms with E-state index in [2.05, 4.69) is 33.0 Å². The zero-order valence-electron chi connectivity index (χ0n) is 12.8. The summed E-state index contributed by atoms with van der Waals surface area (Å²) in [6, 6.07) is 2.01. The molecule has 0 aliphatic heterocycles. The van der Waals surface area contributed by atoms with Crippen LogP contribution in [0.5, 0.6) is 0 Å². The minimum atomic E-state index is -1.44. The summed E-state index contributed by atoms with van der Waals surface area (Å²) in [5.74, 6) is -3.33. The fourth-order valence-corrected chi connectivity index (χ4v) is 2.56. The molecule has 0 saturated heterocycles. The van der Waals surface area contributed by atoms with Crippen LogP contribution in [0.15, 0.2) is 12.1 Å². The van der Waals surface area contributed by atoms with Crippen LogP contribution in [-0.4, -0.2) is 18.8 Å². The maximum Gasteiger partial charge on any atom is 0.194 e. The SMILES string of the molecule is CC(C)COC1CC(Nc2cc(F)c(F)c(F)c2)C1(C)C. The number of anilines is 1. The largest absolute Gasteiger partial charge is 0.381 e. The highest BCUT2D eigenvalue weighted by molar-refractivity contribution is 5.46.